The Labute approximate surface area is 124 Å². The number of hydrogen-bond donors (Lipinski definition) is 2. The van der Waals surface area contributed by atoms with Crippen molar-refractivity contribution in [1.82, 2.24) is 14.7 Å². The van der Waals surface area contributed by atoms with Gasteiger partial charge in [-0.15, -0.1) is 0 Å². The maximum absolute atomic E-state index is 12.5. The Bertz CT molecular complexity index is 418. The summed E-state index contributed by atoms with van der Waals surface area (Å²) in [7, 11) is 0. The van der Waals surface area contributed by atoms with Gasteiger partial charge < -0.3 is 20.0 Å². The second-order valence-electron chi connectivity index (χ2n) is 6.41. The molecule has 2 heterocycles. The SMILES string of the molecule is O=C(O)[C@@H]1C[C@H](O)CN1C(=O)N1CCN(CC2CC2)CC1. The summed E-state index contributed by atoms with van der Waals surface area (Å²) in [5, 5.41) is 18.8. The van der Waals surface area contributed by atoms with Crippen LogP contribution >= 0.6 is 0 Å². The number of carbonyl (C=O) groups is 2. The highest BCUT2D eigenvalue weighted by molar-refractivity contribution is 5.83. The van der Waals surface area contributed by atoms with E-state index in [-0.39, 0.29) is 19.0 Å². The number of aliphatic hydroxyl groups is 1. The Hall–Kier alpha value is -1.34. The number of amides is 2. The van der Waals surface area contributed by atoms with Crippen molar-refractivity contribution in [3.05, 3.63) is 0 Å². The third kappa shape index (κ3) is 3.29. The summed E-state index contributed by atoms with van der Waals surface area (Å²) in [6, 6.07) is -1.14. The lowest BCUT2D eigenvalue weighted by Gasteiger charge is -2.37. The fourth-order valence-corrected chi connectivity index (χ4v) is 3.23. The molecular formula is C14H23N3O4. The van der Waals surface area contributed by atoms with Crippen molar-refractivity contribution < 1.29 is 19.8 Å². The summed E-state index contributed by atoms with van der Waals surface area (Å²) >= 11 is 0. The number of hydrogen-bond acceptors (Lipinski definition) is 4. The van der Waals surface area contributed by atoms with Crippen LogP contribution in [-0.4, -0.2) is 88.3 Å². The maximum Gasteiger partial charge on any atom is 0.326 e. The van der Waals surface area contributed by atoms with Crippen molar-refractivity contribution in [1.29, 1.82) is 0 Å². The predicted molar refractivity (Wildman–Crippen MR) is 74.9 cm³/mol. The van der Waals surface area contributed by atoms with Crippen molar-refractivity contribution in [2.45, 2.75) is 31.4 Å². The average Bonchev–Trinajstić information content (AvgIpc) is 3.18. The van der Waals surface area contributed by atoms with Gasteiger partial charge >= 0.3 is 12.0 Å². The minimum Gasteiger partial charge on any atom is -0.480 e. The topological polar surface area (TPSA) is 84.3 Å². The van der Waals surface area contributed by atoms with Gasteiger partial charge in [0.25, 0.3) is 0 Å². The van der Waals surface area contributed by atoms with Gasteiger partial charge in [-0.05, 0) is 18.8 Å². The summed E-state index contributed by atoms with van der Waals surface area (Å²) in [4.78, 5) is 29.1. The van der Waals surface area contributed by atoms with E-state index < -0.39 is 18.1 Å². The number of β-amino-alcohol motifs (C(OH)–C–C–N with tert-alkyl or cyclic N) is 1. The van der Waals surface area contributed by atoms with Gasteiger partial charge in [-0.25, -0.2) is 9.59 Å². The van der Waals surface area contributed by atoms with Crippen LogP contribution < -0.4 is 0 Å². The Balaban J connectivity index is 1.54. The molecule has 0 aromatic carbocycles. The molecule has 3 aliphatic rings. The van der Waals surface area contributed by atoms with Gasteiger partial charge in [0.05, 0.1) is 6.10 Å². The number of piperazine rings is 1. The molecule has 2 N–H and O–H groups in total. The Morgan fingerprint density at radius 2 is 1.76 bits per heavy atom. The predicted octanol–water partition coefficient (Wildman–Crippen LogP) is -0.346. The van der Waals surface area contributed by atoms with Crippen molar-refractivity contribution in [3.8, 4) is 0 Å². The minimum atomic E-state index is -1.03. The molecule has 3 rings (SSSR count). The standard InChI is InChI=1S/C14H23N3O4/c18-11-7-12(13(19)20)17(9-11)14(21)16-5-3-15(4-6-16)8-10-1-2-10/h10-12,18H,1-9H2,(H,19,20)/t11-,12-/m0/s1. The molecule has 7 nitrogen and oxygen atoms in total. The van der Waals surface area contributed by atoms with Crippen LogP contribution in [0.1, 0.15) is 19.3 Å². The number of aliphatic carboxylic acids is 1. The van der Waals surface area contributed by atoms with E-state index in [1.165, 1.54) is 17.7 Å². The number of likely N-dealkylation sites (tertiary alicyclic amines) is 1. The van der Waals surface area contributed by atoms with E-state index >= 15 is 0 Å². The second kappa shape index (κ2) is 5.81. The maximum atomic E-state index is 12.5. The first-order chi connectivity index (χ1) is 10.0. The quantitative estimate of drug-likeness (QED) is 0.744. The van der Waals surface area contributed by atoms with Gasteiger partial charge in [0.15, 0.2) is 0 Å². The van der Waals surface area contributed by atoms with Gasteiger partial charge in [0, 0.05) is 45.7 Å². The highest BCUT2D eigenvalue weighted by Gasteiger charge is 2.41. The van der Waals surface area contributed by atoms with Gasteiger partial charge in [-0.1, -0.05) is 0 Å². The average molecular weight is 297 g/mol. The molecule has 1 aliphatic carbocycles. The van der Waals surface area contributed by atoms with Crippen LogP contribution in [0.25, 0.3) is 0 Å². The van der Waals surface area contributed by atoms with E-state index in [2.05, 4.69) is 4.90 Å². The van der Waals surface area contributed by atoms with E-state index in [9.17, 15) is 14.7 Å². The largest absolute Gasteiger partial charge is 0.480 e. The molecular weight excluding hydrogens is 274 g/mol. The second-order valence-corrected chi connectivity index (χ2v) is 6.41. The zero-order valence-corrected chi connectivity index (χ0v) is 12.1. The lowest BCUT2D eigenvalue weighted by atomic mass is 10.2. The van der Waals surface area contributed by atoms with Crippen LogP contribution in [0, 0.1) is 5.92 Å². The molecule has 0 spiro atoms. The smallest absolute Gasteiger partial charge is 0.326 e. The zero-order valence-electron chi connectivity index (χ0n) is 12.1. The van der Waals surface area contributed by atoms with Crippen molar-refractivity contribution in [2.75, 3.05) is 39.3 Å². The van der Waals surface area contributed by atoms with Gasteiger partial charge in [-0.2, -0.15) is 0 Å². The van der Waals surface area contributed by atoms with E-state index in [1.807, 2.05) is 0 Å². The molecule has 1 saturated carbocycles. The van der Waals surface area contributed by atoms with Crippen molar-refractivity contribution in [3.63, 3.8) is 0 Å². The molecule has 21 heavy (non-hydrogen) atoms. The third-order valence-corrected chi connectivity index (χ3v) is 4.67. The minimum absolute atomic E-state index is 0.123. The molecule has 0 aromatic heterocycles. The fraction of sp³-hybridized carbons (Fsp3) is 0.857. The number of carboxylic acid groups (broad SMARTS) is 1. The number of carboxylic acids is 1. The first-order valence-corrected chi connectivity index (χ1v) is 7.73. The lowest BCUT2D eigenvalue weighted by Crippen LogP contribution is -2.55. The Morgan fingerprint density at radius 1 is 1.10 bits per heavy atom. The number of urea groups is 1. The summed E-state index contributed by atoms with van der Waals surface area (Å²) < 4.78 is 0. The normalized spacial score (nSPS) is 30.7. The first kappa shape index (κ1) is 14.6. The molecule has 118 valence electrons. The molecule has 7 heteroatoms. The highest BCUT2D eigenvalue weighted by atomic mass is 16.4. The first-order valence-electron chi connectivity index (χ1n) is 7.73. The van der Waals surface area contributed by atoms with Gasteiger partial charge in [0.1, 0.15) is 6.04 Å². The highest BCUT2D eigenvalue weighted by Crippen LogP contribution is 2.30. The van der Waals surface area contributed by atoms with E-state index in [1.54, 1.807) is 4.90 Å². The van der Waals surface area contributed by atoms with Crippen LogP contribution in [0.15, 0.2) is 0 Å². The summed E-state index contributed by atoms with van der Waals surface area (Å²) in [6.07, 6.45) is 2.05. The van der Waals surface area contributed by atoms with Gasteiger partial charge in [-0.3, -0.25) is 4.90 Å². The molecule has 0 radical (unpaired) electrons. The Morgan fingerprint density at radius 3 is 2.33 bits per heavy atom. The molecule has 0 bridgehead atoms. The van der Waals surface area contributed by atoms with Crippen LogP contribution in [0.2, 0.25) is 0 Å². The molecule has 0 unspecified atom stereocenters. The molecule has 0 aromatic rings. The van der Waals surface area contributed by atoms with E-state index in [4.69, 9.17) is 5.11 Å². The lowest BCUT2D eigenvalue weighted by molar-refractivity contribution is -0.141. The number of nitrogens with zero attached hydrogens (tertiary/aromatic N) is 3. The molecule has 2 aliphatic heterocycles. The molecule has 2 atom stereocenters. The van der Waals surface area contributed by atoms with E-state index in [0.717, 1.165) is 25.6 Å². The van der Waals surface area contributed by atoms with Crippen molar-refractivity contribution in [2.24, 2.45) is 5.92 Å². The number of rotatable bonds is 3. The fourth-order valence-electron chi connectivity index (χ4n) is 3.23. The van der Waals surface area contributed by atoms with E-state index in [0.29, 0.717) is 13.1 Å². The van der Waals surface area contributed by atoms with Crippen LogP contribution in [0.5, 0.6) is 0 Å². The summed E-state index contributed by atoms with van der Waals surface area (Å²) in [5.74, 6) is -0.190. The number of aliphatic hydroxyl groups excluding tert-OH is 1. The summed E-state index contributed by atoms with van der Waals surface area (Å²) in [5.41, 5.74) is 0. The van der Waals surface area contributed by atoms with Crippen LogP contribution in [0.3, 0.4) is 0 Å². The van der Waals surface area contributed by atoms with Gasteiger partial charge in [0.2, 0.25) is 0 Å². The zero-order chi connectivity index (χ0) is 15.0. The van der Waals surface area contributed by atoms with Crippen molar-refractivity contribution >= 4 is 12.0 Å². The molecule has 2 saturated heterocycles. The molecule has 3 fully saturated rings. The number of carbonyl (C=O) groups excluding carboxylic acids is 1. The Kier molecular flexibility index (Phi) is 4.03. The van der Waals surface area contributed by atoms with Crippen LogP contribution in [-0.2, 0) is 4.79 Å². The summed E-state index contributed by atoms with van der Waals surface area (Å²) in [6.45, 7) is 4.25. The monoisotopic (exact) mass is 297 g/mol. The van der Waals surface area contributed by atoms with Crippen LogP contribution in [0.4, 0.5) is 4.79 Å². The third-order valence-electron chi connectivity index (χ3n) is 4.67. The molecule has 2 amide bonds.